The Morgan fingerprint density at radius 2 is 1.78 bits per heavy atom. The van der Waals surface area contributed by atoms with E-state index in [1.54, 1.807) is 10.6 Å². The van der Waals surface area contributed by atoms with Crippen LogP contribution in [-0.2, 0) is 19.3 Å². The summed E-state index contributed by atoms with van der Waals surface area (Å²) in [6, 6.07) is 5.65. The molecule has 5 heterocycles. The van der Waals surface area contributed by atoms with Crippen molar-refractivity contribution in [3.05, 3.63) is 69.9 Å². The molecule has 2 aromatic heterocycles. The first kappa shape index (κ1) is 23.6. The molecule has 3 unspecified atom stereocenters. The Balaban J connectivity index is 1.19. The zero-order valence-corrected chi connectivity index (χ0v) is 19.2. The molecule has 3 aromatic rings. The van der Waals surface area contributed by atoms with E-state index in [4.69, 9.17) is 9.47 Å². The van der Waals surface area contributed by atoms with Crippen molar-refractivity contribution in [2.24, 2.45) is 0 Å². The van der Waals surface area contributed by atoms with Gasteiger partial charge in [0, 0.05) is 44.0 Å². The summed E-state index contributed by atoms with van der Waals surface area (Å²) in [5.74, 6) is -2.79. The number of benzene rings is 1. The second-order valence-corrected chi connectivity index (χ2v) is 9.26. The van der Waals surface area contributed by atoms with Crippen molar-refractivity contribution < 1.29 is 31.4 Å². The summed E-state index contributed by atoms with van der Waals surface area (Å²) in [5.41, 5.74) is -1.63. The molecule has 1 aromatic carbocycles. The molecule has 0 spiro atoms. The molecule has 3 aliphatic rings. The first-order chi connectivity index (χ1) is 17.7. The highest BCUT2D eigenvalue weighted by Gasteiger charge is 2.44. The quantitative estimate of drug-likeness (QED) is 0.476. The van der Waals surface area contributed by atoms with Gasteiger partial charge in [0.05, 0.1) is 12.6 Å². The van der Waals surface area contributed by atoms with Crippen LogP contribution in [0.15, 0.2) is 41.3 Å². The van der Waals surface area contributed by atoms with Crippen LogP contribution in [0.4, 0.5) is 27.8 Å². The van der Waals surface area contributed by atoms with Crippen molar-refractivity contribution in [3.8, 4) is 17.4 Å². The average molecular weight is 521 g/mol. The average Bonchev–Trinajstić information content (AvgIpc) is 3.41. The Morgan fingerprint density at radius 3 is 2.54 bits per heavy atom. The predicted molar refractivity (Wildman–Crippen MR) is 120 cm³/mol. The van der Waals surface area contributed by atoms with Gasteiger partial charge in [0.1, 0.15) is 23.9 Å². The van der Waals surface area contributed by atoms with E-state index < -0.39 is 40.7 Å². The molecule has 0 amide bonds. The third-order valence-electron chi connectivity index (χ3n) is 6.81. The number of piperazine rings is 1. The number of anilines is 1. The fourth-order valence-corrected chi connectivity index (χ4v) is 5.25. The minimum Gasteiger partial charge on any atom is -0.473 e. The molecular formula is C24H20F5N5O3. The summed E-state index contributed by atoms with van der Waals surface area (Å²) >= 11 is 0. The molecule has 0 aliphatic carbocycles. The van der Waals surface area contributed by atoms with E-state index in [0.29, 0.717) is 18.7 Å². The summed E-state index contributed by atoms with van der Waals surface area (Å²) in [5, 5.41) is 0. The van der Waals surface area contributed by atoms with Crippen LogP contribution in [-0.4, -0.2) is 51.2 Å². The van der Waals surface area contributed by atoms with Gasteiger partial charge in [-0.3, -0.25) is 14.5 Å². The van der Waals surface area contributed by atoms with E-state index in [0.717, 1.165) is 56.3 Å². The van der Waals surface area contributed by atoms with Crippen molar-refractivity contribution in [2.75, 3.05) is 24.5 Å². The van der Waals surface area contributed by atoms with E-state index in [-0.39, 0.29) is 24.1 Å². The zero-order chi connectivity index (χ0) is 25.9. The lowest BCUT2D eigenvalue weighted by molar-refractivity contribution is -0.141. The van der Waals surface area contributed by atoms with Crippen LogP contribution in [0, 0.1) is 11.6 Å². The number of hydrogen-bond acceptors (Lipinski definition) is 7. The molecule has 6 rings (SSSR count). The summed E-state index contributed by atoms with van der Waals surface area (Å²) < 4.78 is 80.1. The number of rotatable bonds is 5. The van der Waals surface area contributed by atoms with Crippen LogP contribution < -0.4 is 20.1 Å². The number of aromatic nitrogens is 3. The topological polar surface area (TPSA) is 72.7 Å². The van der Waals surface area contributed by atoms with Gasteiger partial charge in [-0.15, -0.1) is 0 Å². The number of halogens is 5. The maximum atomic E-state index is 14.6. The fourth-order valence-electron chi connectivity index (χ4n) is 5.25. The molecule has 2 bridgehead atoms. The Labute approximate surface area is 206 Å². The molecule has 37 heavy (non-hydrogen) atoms. The van der Waals surface area contributed by atoms with Crippen molar-refractivity contribution >= 4 is 5.82 Å². The smallest absolute Gasteiger partial charge is 0.433 e. The van der Waals surface area contributed by atoms with Crippen LogP contribution in [0.5, 0.6) is 17.4 Å². The Bertz CT molecular complexity index is 1410. The lowest BCUT2D eigenvalue weighted by Crippen LogP contribution is -2.52. The SMILES string of the molecule is O=c1nc(OCc2cc(F)c(Oc3ccnc(C(F)(F)F)c3)c(F)c2)cc2n1CC1CN3CCC(C3)N21. The first-order valence-corrected chi connectivity index (χ1v) is 11.6. The number of hydrogen-bond donors (Lipinski definition) is 0. The third kappa shape index (κ3) is 4.37. The molecule has 2 saturated heterocycles. The van der Waals surface area contributed by atoms with Crippen LogP contribution >= 0.6 is 0 Å². The molecule has 2 fully saturated rings. The molecule has 0 radical (unpaired) electrons. The van der Waals surface area contributed by atoms with E-state index in [9.17, 15) is 26.7 Å². The minimum atomic E-state index is -4.74. The number of ether oxygens (including phenoxy) is 2. The molecule has 0 N–H and O–H groups in total. The Hall–Kier alpha value is -3.74. The van der Waals surface area contributed by atoms with Crippen LogP contribution in [0.2, 0.25) is 0 Å². The van der Waals surface area contributed by atoms with Crippen molar-refractivity contribution in [1.29, 1.82) is 0 Å². The molecule has 13 heteroatoms. The van der Waals surface area contributed by atoms with Gasteiger partial charge in [-0.1, -0.05) is 0 Å². The van der Waals surface area contributed by atoms with Crippen LogP contribution in [0.3, 0.4) is 0 Å². The highest BCUT2D eigenvalue weighted by molar-refractivity contribution is 5.49. The second-order valence-electron chi connectivity index (χ2n) is 9.26. The normalized spacial score (nSPS) is 22.1. The monoisotopic (exact) mass is 521 g/mol. The molecule has 0 saturated carbocycles. The van der Waals surface area contributed by atoms with Gasteiger partial charge < -0.3 is 14.4 Å². The van der Waals surface area contributed by atoms with Crippen molar-refractivity contribution in [1.82, 2.24) is 19.4 Å². The highest BCUT2D eigenvalue weighted by atomic mass is 19.4. The zero-order valence-electron chi connectivity index (χ0n) is 19.2. The Morgan fingerprint density at radius 1 is 1.03 bits per heavy atom. The van der Waals surface area contributed by atoms with Crippen LogP contribution in [0.1, 0.15) is 17.7 Å². The van der Waals surface area contributed by atoms with Gasteiger partial charge in [0.15, 0.2) is 17.4 Å². The molecule has 3 atom stereocenters. The fraction of sp³-hybridized carbons (Fsp3) is 0.375. The highest BCUT2D eigenvalue weighted by Crippen LogP contribution is 2.36. The van der Waals surface area contributed by atoms with Gasteiger partial charge in [-0.2, -0.15) is 18.2 Å². The lowest BCUT2D eigenvalue weighted by Gasteiger charge is -2.37. The molecule has 3 aliphatic heterocycles. The van der Waals surface area contributed by atoms with Crippen molar-refractivity contribution in [2.45, 2.75) is 37.8 Å². The van der Waals surface area contributed by atoms with Gasteiger partial charge in [-0.25, -0.2) is 13.6 Å². The summed E-state index contributed by atoms with van der Waals surface area (Å²) in [6.45, 7) is 3.09. The van der Waals surface area contributed by atoms with Gasteiger partial charge in [0.2, 0.25) is 5.88 Å². The first-order valence-electron chi connectivity index (χ1n) is 11.6. The largest absolute Gasteiger partial charge is 0.473 e. The van der Waals surface area contributed by atoms with Gasteiger partial charge >= 0.3 is 11.9 Å². The molecule has 194 valence electrons. The number of nitrogens with zero attached hydrogens (tertiary/aromatic N) is 5. The van der Waals surface area contributed by atoms with Gasteiger partial charge in [0.25, 0.3) is 0 Å². The summed E-state index contributed by atoms with van der Waals surface area (Å²) in [7, 11) is 0. The number of fused-ring (bicyclic) bond motifs is 6. The number of pyridine rings is 1. The molecule has 8 nitrogen and oxygen atoms in total. The third-order valence-corrected chi connectivity index (χ3v) is 6.81. The van der Waals surface area contributed by atoms with E-state index in [1.807, 2.05) is 0 Å². The van der Waals surface area contributed by atoms with Crippen molar-refractivity contribution in [3.63, 3.8) is 0 Å². The standard InChI is InChI=1S/C24H20F5N5O3/c25-17-5-13(6-18(26)22(17)37-16-1-3-30-19(7-16)24(27,28)29)12-36-20-8-21-33(23(35)31-20)11-15-10-32-4-2-14(9-32)34(15)21/h1,3,5-8,14-15H,2,4,9-12H2. The second kappa shape index (κ2) is 8.68. The van der Waals surface area contributed by atoms with Gasteiger partial charge in [-0.05, 0) is 30.2 Å². The summed E-state index contributed by atoms with van der Waals surface area (Å²) in [4.78, 5) is 24.4. The minimum absolute atomic E-state index is 0.0370. The predicted octanol–water partition coefficient (Wildman–Crippen LogP) is 3.58. The van der Waals surface area contributed by atoms with Crippen LogP contribution in [0.25, 0.3) is 0 Å². The Kier molecular flexibility index (Phi) is 5.55. The maximum Gasteiger partial charge on any atom is 0.433 e. The maximum absolute atomic E-state index is 14.6. The lowest BCUT2D eigenvalue weighted by atomic mass is 10.1. The van der Waals surface area contributed by atoms with E-state index >= 15 is 0 Å². The van der Waals surface area contributed by atoms with E-state index in [1.165, 1.54) is 0 Å². The summed E-state index contributed by atoms with van der Waals surface area (Å²) in [6.07, 6.45) is -2.90. The number of alkyl halides is 3. The molecular weight excluding hydrogens is 501 g/mol. The van der Waals surface area contributed by atoms with E-state index in [2.05, 4.69) is 19.8 Å².